The molecule has 120 valence electrons. The van der Waals surface area contributed by atoms with Gasteiger partial charge in [0.2, 0.25) is 0 Å². The molecule has 4 rings (SSSR count). The maximum atomic E-state index is 5.86. The molecule has 1 fully saturated rings. The molecule has 1 saturated carbocycles. The van der Waals surface area contributed by atoms with Crippen LogP contribution in [0.2, 0.25) is 0 Å². The molecule has 4 heteroatoms. The highest BCUT2D eigenvalue weighted by atomic mass is 16.6. The maximum absolute atomic E-state index is 5.86. The van der Waals surface area contributed by atoms with E-state index in [1.54, 1.807) is 0 Å². The van der Waals surface area contributed by atoms with Crippen molar-refractivity contribution in [3.8, 4) is 17.2 Å². The van der Waals surface area contributed by atoms with Crippen LogP contribution in [0.5, 0.6) is 17.2 Å². The van der Waals surface area contributed by atoms with Gasteiger partial charge in [0.25, 0.3) is 0 Å². The molecule has 0 unspecified atom stereocenters. The molecule has 1 heterocycles. The molecule has 0 spiro atoms. The van der Waals surface area contributed by atoms with Crippen LogP contribution in [0, 0.1) is 0 Å². The standard InChI is InChI=1S/C19H21NO3/c1-6-17(7-2-14(1)12-20-16-4-5-16)23-13-15-3-8-18-19(11-15)22-10-9-21-18/h1-3,6-8,11,16,20H,4-5,9-10,12-13H2. The van der Waals surface area contributed by atoms with Crippen LogP contribution >= 0.6 is 0 Å². The van der Waals surface area contributed by atoms with Crippen molar-refractivity contribution in [2.24, 2.45) is 0 Å². The Hall–Kier alpha value is -2.20. The fourth-order valence-electron chi connectivity index (χ4n) is 2.60. The summed E-state index contributed by atoms with van der Waals surface area (Å²) in [6.07, 6.45) is 2.63. The number of nitrogens with one attached hydrogen (secondary N) is 1. The molecule has 0 amide bonds. The zero-order chi connectivity index (χ0) is 15.5. The van der Waals surface area contributed by atoms with Crippen LogP contribution in [0.3, 0.4) is 0 Å². The highest BCUT2D eigenvalue weighted by Gasteiger charge is 2.19. The van der Waals surface area contributed by atoms with Crippen molar-refractivity contribution in [2.45, 2.75) is 32.0 Å². The van der Waals surface area contributed by atoms with E-state index in [1.807, 2.05) is 30.3 Å². The molecule has 0 saturated heterocycles. The first-order valence-electron chi connectivity index (χ1n) is 8.20. The maximum Gasteiger partial charge on any atom is 0.161 e. The number of hydrogen-bond acceptors (Lipinski definition) is 4. The number of fused-ring (bicyclic) bond motifs is 1. The quantitative estimate of drug-likeness (QED) is 0.888. The van der Waals surface area contributed by atoms with Crippen molar-refractivity contribution in [3.63, 3.8) is 0 Å². The molecule has 4 nitrogen and oxygen atoms in total. The van der Waals surface area contributed by atoms with E-state index in [2.05, 4.69) is 17.4 Å². The summed E-state index contributed by atoms with van der Waals surface area (Å²) < 4.78 is 17.0. The van der Waals surface area contributed by atoms with Crippen LogP contribution < -0.4 is 19.5 Å². The zero-order valence-corrected chi connectivity index (χ0v) is 13.1. The lowest BCUT2D eigenvalue weighted by atomic mass is 10.2. The highest BCUT2D eigenvalue weighted by molar-refractivity contribution is 5.43. The Balaban J connectivity index is 1.33. The van der Waals surface area contributed by atoms with Crippen molar-refractivity contribution in [2.75, 3.05) is 13.2 Å². The van der Waals surface area contributed by atoms with Crippen molar-refractivity contribution in [3.05, 3.63) is 53.6 Å². The van der Waals surface area contributed by atoms with E-state index in [4.69, 9.17) is 14.2 Å². The monoisotopic (exact) mass is 311 g/mol. The number of ether oxygens (including phenoxy) is 3. The van der Waals surface area contributed by atoms with Gasteiger partial charge in [0.1, 0.15) is 25.6 Å². The molecule has 0 radical (unpaired) electrons. The van der Waals surface area contributed by atoms with Gasteiger partial charge in [0, 0.05) is 12.6 Å². The average Bonchev–Trinajstić information content (AvgIpc) is 3.43. The Morgan fingerprint density at radius 2 is 1.65 bits per heavy atom. The highest BCUT2D eigenvalue weighted by Crippen LogP contribution is 2.31. The Labute approximate surface area is 136 Å². The van der Waals surface area contributed by atoms with Crippen LogP contribution in [0.4, 0.5) is 0 Å². The number of hydrogen-bond donors (Lipinski definition) is 1. The summed E-state index contributed by atoms with van der Waals surface area (Å²) in [5, 5.41) is 3.51. The summed E-state index contributed by atoms with van der Waals surface area (Å²) in [5.41, 5.74) is 2.37. The molecule has 2 aromatic carbocycles. The van der Waals surface area contributed by atoms with Gasteiger partial charge < -0.3 is 19.5 Å². The van der Waals surface area contributed by atoms with Crippen molar-refractivity contribution < 1.29 is 14.2 Å². The molecule has 1 aliphatic carbocycles. The van der Waals surface area contributed by atoms with E-state index in [0.29, 0.717) is 19.8 Å². The van der Waals surface area contributed by atoms with E-state index >= 15 is 0 Å². The second-order valence-corrected chi connectivity index (χ2v) is 6.07. The zero-order valence-electron chi connectivity index (χ0n) is 13.1. The first kappa shape index (κ1) is 14.4. The Kier molecular flexibility index (Phi) is 4.07. The van der Waals surface area contributed by atoms with Gasteiger partial charge in [0.15, 0.2) is 11.5 Å². The van der Waals surface area contributed by atoms with Crippen LogP contribution in [-0.2, 0) is 13.2 Å². The lowest BCUT2D eigenvalue weighted by molar-refractivity contribution is 0.171. The average molecular weight is 311 g/mol. The fraction of sp³-hybridized carbons (Fsp3) is 0.368. The largest absolute Gasteiger partial charge is 0.489 e. The van der Waals surface area contributed by atoms with Gasteiger partial charge in [-0.3, -0.25) is 0 Å². The molecule has 1 N–H and O–H groups in total. The molecule has 0 bridgehead atoms. The minimum absolute atomic E-state index is 0.524. The van der Waals surface area contributed by atoms with Gasteiger partial charge in [-0.1, -0.05) is 18.2 Å². The number of benzene rings is 2. The third-order valence-electron chi connectivity index (χ3n) is 4.11. The summed E-state index contributed by atoms with van der Waals surface area (Å²) in [6, 6.07) is 15.0. The van der Waals surface area contributed by atoms with E-state index in [1.165, 1.54) is 18.4 Å². The molecule has 2 aromatic rings. The van der Waals surface area contributed by atoms with Gasteiger partial charge in [-0.15, -0.1) is 0 Å². The predicted octanol–water partition coefficient (Wildman–Crippen LogP) is 3.29. The molecular weight excluding hydrogens is 290 g/mol. The Bertz CT molecular complexity index is 665. The number of rotatable bonds is 6. The lowest BCUT2D eigenvalue weighted by Crippen LogP contribution is -2.15. The summed E-state index contributed by atoms with van der Waals surface area (Å²) in [4.78, 5) is 0. The molecule has 0 atom stereocenters. The third kappa shape index (κ3) is 3.77. The smallest absolute Gasteiger partial charge is 0.161 e. The minimum Gasteiger partial charge on any atom is -0.489 e. The predicted molar refractivity (Wildman–Crippen MR) is 88.1 cm³/mol. The normalized spacial score (nSPS) is 16.2. The van der Waals surface area contributed by atoms with Gasteiger partial charge >= 0.3 is 0 Å². The summed E-state index contributed by atoms with van der Waals surface area (Å²) >= 11 is 0. The van der Waals surface area contributed by atoms with Gasteiger partial charge in [-0.05, 0) is 48.2 Å². The second-order valence-electron chi connectivity index (χ2n) is 6.07. The third-order valence-corrected chi connectivity index (χ3v) is 4.11. The molecule has 23 heavy (non-hydrogen) atoms. The topological polar surface area (TPSA) is 39.7 Å². The van der Waals surface area contributed by atoms with E-state index in [9.17, 15) is 0 Å². The second kappa shape index (κ2) is 6.50. The first-order chi connectivity index (χ1) is 11.4. The van der Waals surface area contributed by atoms with Crippen LogP contribution in [0.15, 0.2) is 42.5 Å². The van der Waals surface area contributed by atoms with Crippen molar-refractivity contribution in [1.82, 2.24) is 5.32 Å². The van der Waals surface area contributed by atoms with Crippen LogP contribution in [-0.4, -0.2) is 19.3 Å². The van der Waals surface area contributed by atoms with Crippen molar-refractivity contribution >= 4 is 0 Å². The Morgan fingerprint density at radius 3 is 2.43 bits per heavy atom. The van der Waals surface area contributed by atoms with Gasteiger partial charge in [-0.25, -0.2) is 0 Å². The van der Waals surface area contributed by atoms with E-state index in [0.717, 1.165) is 35.4 Å². The molecule has 0 aromatic heterocycles. The summed E-state index contributed by atoms with van der Waals surface area (Å²) in [6.45, 7) is 2.68. The SMILES string of the molecule is c1cc(OCc2ccc3c(c2)OCCO3)ccc1CNC1CC1. The molecule has 2 aliphatic rings. The molecular formula is C19H21NO3. The minimum atomic E-state index is 0.524. The van der Waals surface area contributed by atoms with Crippen molar-refractivity contribution in [1.29, 1.82) is 0 Å². The van der Waals surface area contributed by atoms with E-state index in [-0.39, 0.29) is 0 Å². The first-order valence-corrected chi connectivity index (χ1v) is 8.20. The summed E-state index contributed by atoms with van der Waals surface area (Å²) in [7, 11) is 0. The van der Waals surface area contributed by atoms with Gasteiger partial charge in [0.05, 0.1) is 0 Å². The van der Waals surface area contributed by atoms with Crippen LogP contribution in [0.1, 0.15) is 24.0 Å². The van der Waals surface area contributed by atoms with Crippen LogP contribution in [0.25, 0.3) is 0 Å². The Morgan fingerprint density at radius 1 is 0.913 bits per heavy atom. The van der Waals surface area contributed by atoms with E-state index < -0.39 is 0 Å². The summed E-state index contributed by atoms with van der Waals surface area (Å²) in [5.74, 6) is 2.50. The lowest BCUT2D eigenvalue weighted by Gasteiger charge is -2.19. The fourth-order valence-corrected chi connectivity index (χ4v) is 2.60. The van der Waals surface area contributed by atoms with Gasteiger partial charge in [-0.2, -0.15) is 0 Å². The molecule has 1 aliphatic heterocycles.